The summed E-state index contributed by atoms with van der Waals surface area (Å²) in [7, 11) is 0. The average molecular weight is 301 g/mol. The number of halogens is 2. The van der Waals surface area contributed by atoms with Crippen LogP contribution in [-0.4, -0.2) is 29.9 Å². The van der Waals surface area contributed by atoms with E-state index in [1.807, 2.05) is 0 Å². The van der Waals surface area contributed by atoms with Crippen LogP contribution in [0.3, 0.4) is 0 Å². The van der Waals surface area contributed by atoms with E-state index in [0.29, 0.717) is 23.1 Å². The summed E-state index contributed by atoms with van der Waals surface area (Å²) in [6, 6.07) is 4.53. The van der Waals surface area contributed by atoms with Crippen molar-refractivity contribution in [2.45, 2.75) is 18.9 Å². The van der Waals surface area contributed by atoms with Crippen molar-refractivity contribution >= 4 is 21.8 Å². The van der Waals surface area contributed by atoms with Gasteiger partial charge in [0.15, 0.2) is 0 Å². The number of hydrogen-bond acceptors (Lipinski definition) is 2. The van der Waals surface area contributed by atoms with Crippen LogP contribution in [0.5, 0.6) is 0 Å². The van der Waals surface area contributed by atoms with Crippen molar-refractivity contribution in [1.82, 2.24) is 4.90 Å². The highest BCUT2D eigenvalue weighted by atomic mass is 79.9. The van der Waals surface area contributed by atoms with Crippen molar-refractivity contribution in [2.24, 2.45) is 5.73 Å². The number of nitrogens with zero attached hydrogens (tertiary/aromatic N) is 1. The van der Waals surface area contributed by atoms with Gasteiger partial charge in [0.05, 0.1) is 4.47 Å². The van der Waals surface area contributed by atoms with E-state index in [2.05, 4.69) is 15.9 Å². The van der Waals surface area contributed by atoms with E-state index in [1.54, 1.807) is 17.0 Å². The van der Waals surface area contributed by atoms with Crippen LogP contribution >= 0.6 is 15.9 Å². The lowest BCUT2D eigenvalue weighted by Crippen LogP contribution is -2.39. The van der Waals surface area contributed by atoms with E-state index < -0.39 is 5.82 Å². The highest BCUT2D eigenvalue weighted by Crippen LogP contribution is 2.22. The summed E-state index contributed by atoms with van der Waals surface area (Å²) >= 11 is 3.07. The Labute approximate surface area is 108 Å². The molecule has 2 rings (SSSR count). The third-order valence-corrected chi connectivity index (χ3v) is 3.72. The summed E-state index contributed by atoms with van der Waals surface area (Å²) in [4.78, 5) is 13.9. The zero-order chi connectivity index (χ0) is 12.4. The molecule has 1 saturated heterocycles. The summed E-state index contributed by atoms with van der Waals surface area (Å²) in [5, 5.41) is 0. The molecule has 1 atom stereocenters. The standard InChI is InChI=1S/C12H14BrFN2O/c13-10-4-3-8(6-11(10)14)12(17)16-5-1-2-9(16)7-15/h3-4,6,9H,1-2,5,7,15H2. The van der Waals surface area contributed by atoms with Gasteiger partial charge >= 0.3 is 0 Å². The Morgan fingerprint density at radius 2 is 2.35 bits per heavy atom. The molecule has 1 aliphatic rings. The largest absolute Gasteiger partial charge is 0.334 e. The number of hydrogen-bond donors (Lipinski definition) is 1. The fraction of sp³-hybridized carbons (Fsp3) is 0.417. The van der Waals surface area contributed by atoms with Crippen molar-refractivity contribution in [2.75, 3.05) is 13.1 Å². The maximum absolute atomic E-state index is 13.4. The Morgan fingerprint density at radius 1 is 1.59 bits per heavy atom. The van der Waals surface area contributed by atoms with E-state index in [9.17, 15) is 9.18 Å². The van der Waals surface area contributed by atoms with Crippen LogP contribution in [0, 0.1) is 5.82 Å². The SMILES string of the molecule is NCC1CCCN1C(=O)c1ccc(Br)c(F)c1. The molecule has 0 aromatic heterocycles. The third-order valence-electron chi connectivity index (χ3n) is 3.08. The molecule has 5 heteroatoms. The molecule has 2 N–H and O–H groups in total. The fourth-order valence-corrected chi connectivity index (χ4v) is 2.39. The number of amides is 1. The molecule has 1 aromatic carbocycles. The number of carbonyl (C=O) groups is 1. The van der Waals surface area contributed by atoms with Gasteiger partial charge in [-0.05, 0) is 47.0 Å². The Bertz CT molecular complexity index is 439. The summed E-state index contributed by atoms with van der Waals surface area (Å²) in [5.41, 5.74) is 6.00. The highest BCUT2D eigenvalue weighted by Gasteiger charge is 2.28. The van der Waals surface area contributed by atoms with Gasteiger partial charge < -0.3 is 10.6 Å². The minimum Gasteiger partial charge on any atom is -0.334 e. The summed E-state index contributed by atoms with van der Waals surface area (Å²) in [5.74, 6) is -0.552. The quantitative estimate of drug-likeness (QED) is 0.910. The predicted molar refractivity (Wildman–Crippen MR) is 67.2 cm³/mol. The zero-order valence-corrected chi connectivity index (χ0v) is 10.9. The van der Waals surface area contributed by atoms with Crippen LogP contribution in [0.1, 0.15) is 23.2 Å². The van der Waals surface area contributed by atoms with Crippen molar-refractivity contribution in [3.63, 3.8) is 0 Å². The Morgan fingerprint density at radius 3 is 3.00 bits per heavy atom. The van der Waals surface area contributed by atoms with Gasteiger partial charge in [-0.3, -0.25) is 4.79 Å². The summed E-state index contributed by atoms with van der Waals surface area (Å²) in [6.45, 7) is 1.17. The average Bonchev–Trinajstić information content (AvgIpc) is 2.80. The molecule has 0 saturated carbocycles. The molecule has 1 unspecified atom stereocenters. The molecule has 1 heterocycles. The first-order valence-corrected chi connectivity index (χ1v) is 6.39. The van der Waals surface area contributed by atoms with E-state index in [-0.39, 0.29) is 11.9 Å². The number of carbonyl (C=O) groups excluding carboxylic acids is 1. The molecule has 0 aliphatic carbocycles. The molecule has 3 nitrogen and oxygen atoms in total. The van der Waals surface area contributed by atoms with Crippen LogP contribution in [0.4, 0.5) is 4.39 Å². The van der Waals surface area contributed by atoms with Gasteiger partial charge in [0.1, 0.15) is 5.82 Å². The summed E-state index contributed by atoms with van der Waals surface area (Å²) in [6.07, 6.45) is 1.90. The van der Waals surface area contributed by atoms with Gasteiger partial charge in [0.2, 0.25) is 0 Å². The lowest BCUT2D eigenvalue weighted by atomic mass is 10.1. The number of rotatable bonds is 2. The molecule has 92 valence electrons. The minimum atomic E-state index is -0.417. The second-order valence-corrected chi connectivity index (χ2v) is 5.01. The second-order valence-electron chi connectivity index (χ2n) is 4.16. The monoisotopic (exact) mass is 300 g/mol. The van der Waals surface area contributed by atoms with E-state index in [1.165, 1.54) is 6.07 Å². The number of benzene rings is 1. The zero-order valence-electron chi connectivity index (χ0n) is 9.33. The fourth-order valence-electron chi connectivity index (χ4n) is 2.14. The molecule has 1 aliphatic heterocycles. The van der Waals surface area contributed by atoms with Crippen LogP contribution < -0.4 is 5.73 Å². The van der Waals surface area contributed by atoms with E-state index in [4.69, 9.17) is 5.73 Å². The first-order chi connectivity index (χ1) is 8.13. The van der Waals surface area contributed by atoms with Crippen molar-refractivity contribution in [1.29, 1.82) is 0 Å². The second kappa shape index (κ2) is 5.14. The molecule has 17 heavy (non-hydrogen) atoms. The van der Waals surface area contributed by atoms with Gasteiger partial charge in [0, 0.05) is 24.7 Å². The lowest BCUT2D eigenvalue weighted by Gasteiger charge is -2.23. The molecule has 1 aromatic rings. The van der Waals surface area contributed by atoms with Gasteiger partial charge in [-0.15, -0.1) is 0 Å². The normalized spacial score (nSPS) is 19.7. The topological polar surface area (TPSA) is 46.3 Å². The first-order valence-electron chi connectivity index (χ1n) is 5.59. The Hall–Kier alpha value is -0.940. The maximum atomic E-state index is 13.4. The Balaban J connectivity index is 2.21. The Kier molecular flexibility index (Phi) is 3.79. The van der Waals surface area contributed by atoms with Gasteiger partial charge in [0.25, 0.3) is 5.91 Å². The van der Waals surface area contributed by atoms with Crippen LogP contribution in [0.25, 0.3) is 0 Å². The van der Waals surface area contributed by atoms with E-state index in [0.717, 1.165) is 12.8 Å². The molecular weight excluding hydrogens is 287 g/mol. The summed E-state index contributed by atoms with van der Waals surface area (Å²) < 4.78 is 13.7. The molecule has 0 bridgehead atoms. The van der Waals surface area contributed by atoms with E-state index >= 15 is 0 Å². The van der Waals surface area contributed by atoms with Crippen molar-refractivity contribution < 1.29 is 9.18 Å². The van der Waals surface area contributed by atoms with Crippen molar-refractivity contribution in [3.05, 3.63) is 34.1 Å². The van der Waals surface area contributed by atoms with Gasteiger partial charge in [-0.2, -0.15) is 0 Å². The van der Waals surface area contributed by atoms with Gasteiger partial charge in [-0.25, -0.2) is 4.39 Å². The molecule has 1 fully saturated rings. The molecular formula is C12H14BrFN2O. The van der Waals surface area contributed by atoms with Crippen molar-refractivity contribution in [3.8, 4) is 0 Å². The predicted octanol–water partition coefficient (Wildman–Crippen LogP) is 2.15. The number of nitrogens with two attached hydrogens (primary N) is 1. The van der Waals surface area contributed by atoms with Crippen LogP contribution in [-0.2, 0) is 0 Å². The third kappa shape index (κ3) is 2.50. The smallest absolute Gasteiger partial charge is 0.254 e. The van der Waals surface area contributed by atoms with Crippen LogP contribution in [0.15, 0.2) is 22.7 Å². The highest BCUT2D eigenvalue weighted by molar-refractivity contribution is 9.10. The lowest BCUT2D eigenvalue weighted by molar-refractivity contribution is 0.0740. The van der Waals surface area contributed by atoms with Crippen LogP contribution in [0.2, 0.25) is 0 Å². The molecule has 0 spiro atoms. The van der Waals surface area contributed by atoms with Gasteiger partial charge in [-0.1, -0.05) is 0 Å². The number of likely N-dealkylation sites (tertiary alicyclic amines) is 1. The first kappa shape index (κ1) is 12.5. The molecule has 1 amide bonds. The maximum Gasteiger partial charge on any atom is 0.254 e. The minimum absolute atomic E-state index is 0.0919. The molecule has 0 radical (unpaired) electrons.